The SMILES string of the molecule is Cc1nc2n(n1)C[C@H](N[C@@H](c1ccccc1)c1ccc(F)cn1)CC2. The van der Waals surface area contributed by atoms with Crippen LogP contribution in [0.2, 0.25) is 0 Å². The summed E-state index contributed by atoms with van der Waals surface area (Å²) in [6, 6.07) is 13.5. The molecule has 0 fully saturated rings. The van der Waals surface area contributed by atoms with Crippen LogP contribution < -0.4 is 5.32 Å². The molecule has 1 aromatic carbocycles. The van der Waals surface area contributed by atoms with E-state index in [1.807, 2.05) is 29.8 Å². The van der Waals surface area contributed by atoms with Crippen molar-refractivity contribution in [2.45, 2.75) is 38.4 Å². The number of pyridine rings is 1. The van der Waals surface area contributed by atoms with E-state index in [0.29, 0.717) is 0 Å². The Labute approximate surface area is 145 Å². The quantitative estimate of drug-likeness (QED) is 0.795. The third-order valence-electron chi connectivity index (χ3n) is 4.55. The van der Waals surface area contributed by atoms with Gasteiger partial charge in [0, 0.05) is 12.5 Å². The first-order valence-electron chi connectivity index (χ1n) is 8.52. The van der Waals surface area contributed by atoms with Crippen LogP contribution in [0, 0.1) is 12.7 Å². The number of halogens is 1. The second kappa shape index (κ2) is 6.72. The molecular weight excluding hydrogens is 317 g/mol. The van der Waals surface area contributed by atoms with E-state index in [4.69, 9.17) is 0 Å². The van der Waals surface area contributed by atoms with Crippen molar-refractivity contribution in [3.05, 3.63) is 77.4 Å². The van der Waals surface area contributed by atoms with Gasteiger partial charge in [0.15, 0.2) is 0 Å². The highest BCUT2D eigenvalue weighted by molar-refractivity contribution is 5.28. The van der Waals surface area contributed by atoms with Gasteiger partial charge in [0.1, 0.15) is 17.5 Å². The Bertz CT molecular complexity index is 844. The minimum atomic E-state index is -0.323. The van der Waals surface area contributed by atoms with Gasteiger partial charge in [-0.1, -0.05) is 30.3 Å². The number of fused-ring (bicyclic) bond motifs is 1. The van der Waals surface area contributed by atoms with Gasteiger partial charge in [0.2, 0.25) is 0 Å². The van der Waals surface area contributed by atoms with Crippen molar-refractivity contribution < 1.29 is 4.39 Å². The van der Waals surface area contributed by atoms with E-state index in [2.05, 4.69) is 32.5 Å². The fourth-order valence-corrected chi connectivity index (χ4v) is 3.36. The van der Waals surface area contributed by atoms with Gasteiger partial charge in [0.25, 0.3) is 0 Å². The number of aryl methyl sites for hydroxylation is 2. The van der Waals surface area contributed by atoms with Gasteiger partial charge in [-0.2, -0.15) is 5.10 Å². The summed E-state index contributed by atoms with van der Waals surface area (Å²) in [6.07, 6.45) is 3.16. The fraction of sp³-hybridized carbons (Fsp3) is 0.316. The lowest BCUT2D eigenvalue weighted by Gasteiger charge is -2.28. The highest BCUT2D eigenvalue weighted by Crippen LogP contribution is 2.23. The van der Waals surface area contributed by atoms with Crippen LogP contribution in [-0.2, 0) is 13.0 Å². The Balaban J connectivity index is 1.60. The van der Waals surface area contributed by atoms with Gasteiger partial charge >= 0.3 is 0 Å². The van der Waals surface area contributed by atoms with E-state index < -0.39 is 0 Å². The zero-order valence-corrected chi connectivity index (χ0v) is 14.1. The van der Waals surface area contributed by atoms with E-state index in [1.165, 1.54) is 12.3 Å². The van der Waals surface area contributed by atoms with Gasteiger partial charge in [-0.15, -0.1) is 0 Å². The summed E-state index contributed by atoms with van der Waals surface area (Å²) >= 11 is 0. The summed E-state index contributed by atoms with van der Waals surface area (Å²) in [6.45, 7) is 2.70. The molecule has 0 unspecified atom stereocenters. The average Bonchev–Trinajstić information content (AvgIpc) is 3.00. The molecule has 5 nitrogen and oxygen atoms in total. The Morgan fingerprint density at radius 2 is 2.04 bits per heavy atom. The molecule has 0 spiro atoms. The number of nitrogens with zero attached hydrogens (tertiary/aromatic N) is 4. The molecule has 1 N–H and O–H groups in total. The lowest BCUT2D eigenvalue weighted by molar-refractivity contribution is 0.339. The molecule has 0 saturated carbocycles. The standard InChI is InChI=1S/C19H20FN5/c1-13-22-18-10-8-16(12-25(18)24-13)23-19(14-5-3-2-4-6-14)17-9-7-15(20)11-21-17/h2-7,9,11,16,19,23H,8,10,12H2,1H3/t16-,19+/m1/s1. The minimum Gasteiger partial charge on any atom is -0.300 e. The van der Waals surface area contributed by atoms with Crippen molar-refractivity contribution in [1.82, 2.24) is 25.1 Å². The topological polar surface area (TPSA) is 55.6 Å². The summed E-state index contributed by atoms with van der Waals surface area (Å²) < 4.78 is 15.3. The number of hydrogen-bond donors (Lipinski definition) is 1. The van der Waals surface area contributed by atoms with Crippen molar-refractivity contribution in [2.75, 3.05) is 0 Å². The number of rotatable bonds is 4. The summed E-state index contributed by atoms with van der Waals surface area (Å²) in [7, 11) is 0. The van der Waals surface area contributed by atoms with Gasteiger partial charge in [-0.25, -0.2) is 14.1 Å². The molecule has 1 aliphatic rings. The van der Waals surface area contributed by atoms with E-state index in [0.717, 1.165) is 42.3 Å². The third kappa shape index (κ3) is 3.44. The normalized spacial score (nSPS) is 17.9. The number of benzene rings is 1. The fourth-order valence-electron chi connectivity index (χ4n) is 3.36. The first-order valence-corrected chi connectivity index (χ1v) is 8.52. The number of aromatic nitrogens is 4. The van der Waals surface area contributed by atoms with Crippen LogP contribution in [0.1, 0.15) is 35.4 Å². The van der Waals surface area contributed by atoms with Gasteiger partial charge in [-0.3, -0.25) is 4.98 Å². The van der Waals surface area contributed by atoms with Gasteiger partial charge in [0.05, 0.1) is 24.5 Å². The molecule has 2 aromatic heterocycles. The molecule has 2 atom stereocenters. The van der Waals surface area contributed by atoms with Crippen molar-refractivity contribution in [1.29, 1.82) is 0 Å². The van der Waals surface area contributed by atoms with Crippen LogP contribution in [0.15, 0.2) is 48.7 Å². The minimum absolute atomic E-state index is 0.0852. The maximum atomic E-state index is 13.3. The van der Waals surface area contributed by atoms with Crippen LogP contribution >= 0.6 is 0 Å². The maximum absolute atomic E-state index is 13.3. The van der Waals surface area contributed by atoms with E-state index >= 15 is 0 Å². The second-order valence-corrected chi connectivity index (χ2v) is 6.40. The molecule has 0 amide bonds. The first-order chi connectivity index (χ1) is 12.2. The Morgan fingerprint density at radius 1 is 1.20 bits per heavy atom. The van der Waals surface area contributed by atoms with Crippen molar-refractivity contribution in [2.24, 2.45) is 0 Å². The third-order valence-corrected chi connectivity index (χ3v) is 4.55. The molecule has 1 aliphatic heterocycles. The molecule has 0 radical (unpaired) electrons. The maximum Gasteiger partial charge on any atom is 0.147 e. The molecule has 4 rings (SSSR count). The van der Waals surface area contributed by atoms with Crippen molar-refractivity contribution in [3.8, 4) is 0 Å². The van der Waals surface area contributed by atoms with Crippen molar-refractivity contribution in [3.63, 3.8) is 0 Å². The molecule has 0 aliphatic carbocycles. The van der Waals surface area contributed by atoms with Crippen LogP contribution in [0.3, 0.4) is 0 Å². The largest absolute Gasteiger partial charge is 0.300 e. The summed E-state index contributed by atoms with van der Waals surface area (Å²) in [4.78, 5) is 8.76. The molecule has 128 valence electrons. The van der Waals surface area contributed by atoms with Crippen LogP contribution in [0.5, 0.6) is 0 Å². The monoisotopic (exact) mass is 337 g/mol. The molecular formula is C19H20FN5. The molecule has 0 bridgehead atoms. The Morgan fingerprint density at radius 3 is 2.80 bits per heavy atom. The van der Waals surface area contributed by atoms with Crippen LogP contribution in [-0.4, -0.2) is 25.8 Å². The summed E-state index contributed by atoms with van der Waals surface area (Å²) in [5.74, 6) is 1.54. The predicted molar refractivity (Wildman–Crippen MR) is 92.5 cm³/mol. The molecule has 3 heterocycles. The van der Waals surface area contributed by atoms with Crippen LogP contribution in [0.4, 0.5) is 4.39 Å². The second-order valence-electron chi connectivity index (χ2n) is 6.40. The highest BCUT2D eigenvalue weighted by atomic mass is 19.1. The molecule has 3 aromatic rings. The summed E-state index contributed by atoms with van der Waals surface area (Å²) in [5.41, 5.74) is 1.93. The molecule has 0 saturated heterocycles. The number of nitrogens with one attached hydrogen (secondary N) is 1. The Hall–Kier alpha value is -2.60. The van der Waals surface area contributed by atoms with E-state index in [9.17, 15) is 4.39 Å². The lowest BCUT2D eigenvalue weighted by atomic mass is 9.99. The lowest BCUT2D eigenvalue weighted by Crippen LogP contribution is -2.40. The predicted octanol–water partition coefficient (Wildman–Crippen LogP) is 2.81. The van der Waals surface area contributed by atoms with E-state index in [1.54, 1.807) is 6.07 Å². The van der Waals surface area contributed by atoms with Gasteiger partial charge in [-0.05, 0) is 31.0 Å². The first kappa shape index (κ1) is 15.9. The van der Waals surface area contributed by atoms with Crippen molar-refractivity contribution >= 4 is 0 Å². The molecule has 6 heteroatoms. The average molecular weight is 337 g/mol. The highest BCUT2D eigenvalue weighted by Gasteiger charge is 2.25. The number of hydrogen-bond acceptors (Lipinski definition) is 4. The van der Waals surface area contributed by atoms with Gasteiger partial charge < -0.3 is 5.32 Å². The zero-order valence-electron chi connectivity index (χ0n) is 14.1. The zero-order chi connectivity index (χ0) is 17.2. The Kier molecular flexibility index (Phi) is 4.28. The summed E-state index contributed by atoms with van der Waals surface area (Å²) in [5, 5.41) is 8.15. The van der Waals surface area contributed by atoms with E-state index in [-0.39, 0.29) is 17.9 Å². The molecule has 25 heavy (non-hydrogen) atoms. The smallest absolute Gasteiger partial charge is 0.147 e. The van der Waals surface area contributed by atoms with Crippen LogP contribution in [0.25, 0.3) is 0 Å².